The second kappa shape index (κ2) is 3.81. The van der Waals surface area contributed by atoms with Crippen molar-refractivity contribution in [1.29, 1.82) is 0 Å². The zero-order chi connectivity index (χ0) is 11.7. The quantitative estimate of drug-likeness (QED) is 0.681. The average Bonchev–Trinajstić information content (AvgIpc) is 2.94. The highest BCUT2D eigenvalue weighted by Gasteiger charge is 2.07. The summed E-state index contributed by atoms with van der Waals surface area (Å²) in [6.45, 7) is 2.18. The smallest absolute Gasteiger partial charge is 0.223 e. The Morgan fingerprint density at radius 2 is 2.29 bits per heavy atom. The van der Waals surface area contributed by atoms with Crippen LogP contribution in [-0.4, -0.2) is 30.1 Å². The summed E-state index contributed by atoms with van der Waals surface area (Å²) in [5, 5.41) is 6.88. The molecule has 0 aliphatic heterocycles. The third-order valence-electron chi connectivity index (χ3n) is 2.21. The SMILES string of the molecule is Cc1nc(CNc2ncnc3nc[nH]c23)no1. The molecule has 0 aliphatic rings. The number of nitrogens with zero attached hydrogens (tertiary/aromatic N) is 5. The van der Waals surface area contributed by atoms with Gasteiger partial charge in [-0.2, -0.15) is 4.98 Å². The molecular weight excluding hydrogens is 222 g/mol. The summed E-state index contributed by atoms with van der Waals surface area (Å²) < 4.78 is 4.87. The molecule has 0 bridgehead atoms. The Kier molecular flexibility index (Phi) is 2.18. The molecule has 0 aliphatic carbocycles. The van der Waals surface area contributed by atoms with Crippen LogP contribution in [0.4, 0.5) is 5.82 Å². The first-order valence-corrected chi connectivity index (χ1v) is 5.00. The predicted molar refractivity (Wildman–Crippen MR) is 58.0 cm³/mol. The lowest BCUT2D eigenvalue weighted by Gasteiger charge is -2.02. The molecule has 0 radical (unpaired) electrons. The second-order valence-corrected chi connectivity index (χ2v) is 3.41. The standard InChI is InChI=1S/C9H9N7O/c1-5-15-6(16-17-5)2-10-8-7-9(12-3-11-7)14-4-13-8/h3-4H,2H2,1H3,(H2,10,11,12,13,14). The third-order valence-corrected chi connectivity index (χ3v) is 2.21. The van der Waals surface area contributed by atoms with E-state index in [2.05, 4.69) is 35.4 Å². The van der Waals surface area contributed by atoms with Crippen molar-refractivity contribution in [2.45, 2.75) is 13.5 Å². The maximum atomic E-state index is 4.87. The molecule has 0 amide bonds. The highest BCUT2D eigenvalue weighted by atomic mass is 16.5. The molecule has 0 spiro atoms. The Morgan fingerprint density at radius 1 is 1.35 bits per heavy atom. The minimum absolute atomic E-state index is 0.433. The number of nitrogens with one attached hydrogen (secondary N) is 2. The van der Waals surface area contributed by atoms with Gasteiger partial charge in [0.25, 0.3) is 0 Å². The van der Waals surface area contributed by atoms with Crippen LogP contribution in [0.25, 0.3) is 11.2 Å². The molecule has 3 rings (SSSR count). The van der Waals surface area contributed by atoms with Gasteiger partial charge in [-0.25, -0.2) is 15.0 Å². The molecule has 0 atom stereocenters. The van der Waals surface area contributed by atoms with Crippen molar-refractivity contribution in [2.24, 2.45) is 0 Å². The summed E-state index contributed by atoms with van der Waals surface area (Å²) >= 11 is 0. The van der Waals surface area contributed by atoms with Crippen LogP contribution in [0.1, 0.15) is 11.7 Å². The number of anilines is 1. The maximum Gasteiger partial charge on any atom is 0.223 e. The van der Waals surface area contributed by atoms with Crippen LogP contribution >= 0.6 is 0 Å². The molecule has 0 saturated heterocycles. The predicted octanol–water partition coefficient (Wildman–Crippen LogP) is 0.656. The Labute approximate surface area is 95.5 Å². The molecule has 8 nitrogen and oxygen atoms in total. The molecule has 2 N–H and O–H groups in total. The molecule has 0 saturated carbocycles. The lowest BCUT2D eigenvalue weighted by molar-refractivity contribution is 0.388. The first-order valence-electron chi connectivity index (χ1n) is 5.00. The Bertz CT molecular complexity index is 643. The van der Waals surface area contributed by atoms with Gasteiger partial charge in [0.1, 0.15) is 11.8 Å². The van der Waals surface area contributed by atoms with E-state index >= 15 is 0 Å². The van der Waals surface area contributed by atoms with E-state index in [0.717, 1.165) is 5.52 Å². The minimum atomic E-state index is 0.433. The molecule has 3 aromatic rings. The van der Waals surface area contributed by atoms with Crippen molar-refractivity contribution in [2.75, 3.05) is 5.32 Å². The van der Waals surface area contributed by atoms with Gasteiger partial charge in [0.05, 0.1) is 12.9 Å². The fourth-order valence-electron chi connectivity index (χ4n) is 1.47. The largest absolute Gasteiger partial charge is 0.361 e. The van der Waals surface area contributed by atoms with Gasteiger partial charge in [-0.1, -0.05) is 5.16 Å². The van der Waals surface area contributed by atoms with E-state index in [1.807, 2.05) is 0 Å². The number of aromatic nitrogens is 6. The summed E-state index contributed by atoms with van der Waals surface area (Å²) in [6.07, 6.45) is 3.02. The molecular formula is C9H9N7O. The van der Waals surface area contributed by atoms with Crippen LogP contribution in [0, 0.1) is 6.92 Å². The van der Waals surface area contributed by atoms with Gasteiger partial charge in [0.15, 0.2) is 17.3 Å². The van der Waals surface area contributed by atoms with E-state index in [4.69, 9.17) is 4.52 Å². The van der Waals surface area contributed by atoms with Crippen molar-refractivity contribution in [3.05, 3.63) is 24.4 Å². The molecule has 3 heterocycles. The highest BCUT2D eigenvalue weighted by molar-refractivity contribution is 5.81. The zero-order valence-electron chi connectivity index (χ0n) is 9.01. The second-order valence-electron chi connectivity index (χ2n) is 3.41. The average molecular weight is 231 g/mol. The van der Waals surface area contributed by atoms with Gasteiger partial charge in [-0.15, -0.1) is 0 Å². The van der Waals surface area contributed by atoms with Crippen LogP contribution in [0.2, 0.25) is 0 Å². The Balaban J connectivity index is 1.83. The van der Waals surface area contributed by atoms with Gasteiger partial charge in [0, 0.05) is 6.92 Å². The number of imidazole rings is 1. The van der Waals surface area contributed by atoms with E-state index < -0.39 is 0 Å². The van der Waals surface area contributed by atoms with Crippen molar-refractivity contribution >= 4 is 17.0 Å². The zero-order valence-corrected chi connectivity index (χ0v) is 9.01. The number of fused-ring (bicyclic) bond motifs is 1. The highest BCUT2D eigenvalue weighted by Crippen LogP contribution is 2.14. The fourth-order valence-corrected chi connectivity index (χ4v) is 1.47. The van der Waals surface area contributed by atoms with Gasteiger partial charge in [-0.05, 0) is 0 Å². The number of H-pyrrole nitrogens is 1. The first kappa shape index (κ1) is 9.70. The van der Waals surface area contributed by atoms with Crippen LogP contribution in [0.15, 0.2) is 17.2 Å². The summed E-state index contributed by atoms with van der Waals surface area (Å²) in [5.74, 6) is 1.78. The van der Waals surface area contributed by atoms with Crippen LogP contribution < -0.4 is 5.32 Å². The van der Waals surface area contributed by atoms with E-state index in [-0.39, 0.29) is 0 Å². The van der Waals surface area contributed by atoms with Crippen LogP contribution in [0.5, 0.6) is 0 Å². The lowest BCUT2D eigenvalue weighted by atomic mass is 10.4. The molecule has 86 valence electrons. The van der Waals surface area contributed by atoms with Gasteiger partial charge >= 0.3 is 0 Å². The van der Waals surface area contributed by atoms with Crippen molar-refractivity contribution in [3.8, 4) is 0 Å². The molecule has 8 heteroatoms. The van der Waals surface area contributed by atoms with Crippen LogP contribution in [0.3, 0.4) is 0 Å². The van der Waals surface area contributed by atoms with E-state index in [9.17, 15) is 0 Å². The fraction of sp³-hybridized carbons (Fsp3) is 0.222. The van der Waals surface area contributed by atoms with Gasteiger partial charge in [0.2, 0.25) is 5.89 Å². The molecule has 3 aromatic heterocycles. The van der Waals surface area contributed by atoms with Gasteiger partial charge in [-0.3, -0.25) is 0 Å². The van der Waals surface area contributed by atoms with E-state index in [1.54, 1.807) is 13.3 Å². The van der Waals surface area contributed by atoms with E-state index in [1.165, 1.54) is 6.33 Å². The summed E-state index contributed by atoms with van der Waals surface area (Å²) in [7, 11) is 0. The van der Waals surface area contributed by atoms with Crippen molar-refractivity contribution in [1.82, 2.24) is 30.1 Å². The Hall–Kier alpha value is -2.51. The Morgan fingerprint density at radius 3 is 3.12 bits per heavy atom. The van der Waals surface area contributed by atoms with E-state index in [0.29, 0.717) is 29.7 Å². The normalized spacial score (nSPS) is 10.9. The monoisotopic (exact) mass is 231 g/mol. The number of rotatable bonds is 3. The molecule has 17 heavy (non-hydrogen) atoms. The number of aromatic amines is 1. The number of hydrogen-bond acceptors (Lipinski definition) is 7. The molecule has 0 fully saturated rings. The summed E-state index contributed by atoms with van der Waals surface area (Å²) in [5.41, 5.74) is 1.37. The third kappa shape index (κ3) is 1.80. The molecule has 0 aromatic carbocycles. The first-order chi connectivity index (χ1) is 8.33. The molecule has 0 unspecified atom stereocenters. The van der Waals surface area contributed by atoms with Gasteiger partial charge < -0.3 is 14.8 Å². The van der Waals surface area contributed by atoms with Crippen LogP contribution in [-0.2, 0) is 6.54 Å². The minimum Gasteiger partial charge on any atom is -0.361 e. The van der Waals surface area contributed by atoms with Crippen molar-refractivity contribution < 1.29 is 4.52 Å². The van der Waals surface area contributed by atoms with Crippen molar-refractivity contribution in [3.63, 3.8) is 0 Å². The maximum absolute atomic E-state index is 4.87. The number of hydrogen-bond donors (Lipinski definition) is 2. The number of aryl methyl sites for hydroxylation is 1. The summed E-state index contributed by atoms with van der Waals surface area (Å²) in [6, 6.07) is 0. The lowest BCUT2D eigenvalue weighted by Crippen LogP contribution is -2.04. The topological polar surface area (TPSA) is 105 Å². The summed E-state index contributed by atoms with van der Waals surface area (Å²) in [4.78, 5) is 19.2.